The van der Waals surface area contributed by atoms with E-state index in [1.807, 2.05) is 54.6 Å². The van der Waals surface area contributed by atoms with Crippen molar-refractivity contribution in [2.75, 3.05) is 27.3 Å². The molecule has 37 heavy (non-hydrogen) atoms. The summed E-state index contributed by atoms with van der Waals surface area (Å²) in [6.07, 6.45) is 0.658. The Hall–Kier alpha value is -3.98. The van der Waals surface area contributed by atoms with Crippen LogP contribution in [0.1, 0.15) is 46.8 Å². The predicted octanol–water partition coefficient (Wildman–Crippen LogP) is 3.64. The first-order valence-electron chi connectivity index (χ1n) is 12.1. The molecule has 1 unspecified atom stereocenters. The van der Waals surface area contributed by atoms with Crippen LogP contribution in [0.4, 0.5) is 0 Å². The maximum Gasteiger partial charge on any atom is 0.309 e. The van der Waals surface area contributed by atoms with Crippen molar-refractivity contribution in [1.29, 1.82) is 0 Å². The molecule has 2 amide bonds. The minimum absolute atomic E-state index is 0.114. The highest BCUT2D eigenvalue weighted by Gasteiger charge is 2.32. The first-order valence-corrected chi connectivity index (χ1v) is 12.1. The average molecular weight is 507 g/mol. The molecule has 3 N–H and O–H groups in total. The molecule has 0 bridgehead atoms. The molecule has 0 fully saturated rings. The van der Waals surface area contributed by atoms with E-state index in [1.165, 1.54) is 11.0 Å². The third-order valence-corrected chi connectivity index (χ3v) is 6.23. The van der Waals surface area contributed by atoms with Crippen molar-refractivity contribution in [2.45, 2.75) is 32.7 Å². The summed E-state index contributed by atoms with van der Waals surface area (Å²) in [5.41, 5.74) is 2.32. The van der Waals surface area contributed by atoms with Crippen molar-refractivity contribution >= 4 is 17.8 Å². The van der Waals surface area contributed by atoms with Crippen LogP contribution in [0.25, 0.3) is 11.1 Å². The molecule has 1 atom stereocenters. The summed E-state index contributed by atoms with van der Waals surface area (Å²) in [6.45, 7) is 4.04. The second-order valence-electron chi connectivity index (χ2n) is 9.72. The van der Waals surface area contributed by atoms with E-state index in [1.54, 1.807) is 28.0 Å². The van der Waals surface area contributed by atoms with Gasteiger partial charge in [0.1, 0.15) is 5.69 Å². The highest BCUT2D eigenvalue weighted by atomic mass is 16.5. The van der Waals surface area contributed by atoms with Crippen LogP contribution in [0.2, 0.25) is 0 Å². The highest BCUT2D eigenvalue weighted by molar-refractivity contribution is 5.97. The number of hydrogen-bond acceptors (Lipinski definition) is 5. The van der Waals surface area contributed by atoms with E-state index >= 15 is 0 Å². The zero-order valence-electron chi connectivity index (χ0n) is 21.7. The first kappa shape index (κ1) is 27.6. The second kappa shape index (κ2) is 12.3. The molecule has 0 saturated heterocycles. The van der Waals surface area contributed by atoms with Gasteiger partial charge in [-0.3, -0.25) is 19.5 Å². The largest absolute Gasteiger partial charge is 0.481 e. The molecule has 0 radical (unpaired) electrons. The molecule has 2 aromatic carbocycles. The Morgan fingerprint density at radius 3 is 2.35 bits per heavy atom. The van der Waals surface area contributed by atoms with E-state index in [-0.39, 0.29) is 23.7 Å². The van der Waals surface area contributed by atoms with Gasteiger partial charge in [-0.05, 0) is 43.4 Å². The number of rotatable bonds is 12. The lowest BCUT2D eigenvalue weighted by molar-refractivity contribution is -0.147. The number of hydrogen-bond donors (Lipinski definition) is 3. The van der Waals surface area contributed by atoms with Crippen LogP contribution in [-0.4, -0.2) is 71.3 Å². The van der Waals surface area contributed by atoms with Crippen molar-refractivity contribution in [3.05, 3.63) is 77.6 Å². The van der Waals surface area contributed by atoms with Crippen LogP contribution in [0, 0.1) is 5.41 Å². The molecule has 0 saturated carbocycles. The van der Waals surface area contributed by atoms with Crippen LogP contribution in [0.5, 0.6) is 0 Å². The number of carboxylic acids is 1. The number of nitrogens with zero attached hydrogens (tertiary/aromatic N) is 2. The van der Waals surface area contributed by atoms with Crippen LogP contribution < -0.4 is 5.32 Å². The molecule has 196 valence electrons. The summed E-state index contributed by atoms with van der Waals surface area (Å²) in [7, 11) is 3.18. The number of carbonyl (C=O) groups excluding carboxylic acids is 2. The number of nitrogens with one attached hydrogen (secondary N) is 2. The fraction of sp³-hybridized carbons (Fsp3) is 0.357. The maximum absolute atomic E-state index is 13.0. The Balaban J connectivity index is 1.74. The molecule has 0 spiro atoms. The number of ether oxygens (including phenoxy) is 1. The van der Waals surface area contributed by atoms with Crippen LogP contribution >= 0.6 is 0 Å². The number of carbonyl (C=O) groups is 3. The van der Waals surface area contributed by atoms with Gasteiger partial charge in [-0.15, -0.1) is 0 Å². The Morgan fingerprint density at radius 2 is 1.73 bits per heavy atom. The molecule has 1 heterocycles. The first-order chi connectivity index (χ1) is 17.6. The number of aromatic nitrogens is 2. The maximum atomic E-state index is 13.0. The highest BCUT2D eigenvalue weighted by Crippen LogP contribution is 2.26. The third kappa shape index (κ3) is 7.50. The third-order valence-electron chi connectivity index (χ3n) is 6.23. The van der Waals surface area contributed by atoms with Gasteiger partial charge in [0.2, 0.25) is 0 Å². The number of aliphatic carboxylic acids is 1. The van der Waals surface area contributed by atoms with E-state index in [4.69, 9.17) is 4.74 Å². The fourth-order valence-corrected chi connectivity index (χ4v) is 3.96. The number of methoxy groups -OCH3 is 1. The molecule has 9 nitrogen and oxygen atoms in total. The molecular weight excluding hydrogens is 472 g/mol. The molecule has 3 rings (SSSR count). The van der Waals surface area contributed by atoms with Crippen molar-refractivity contribution in [2.24, 2.45) is 5.41 Å². The van der Waals surface area contributed by atoms with Gasteiger partial charge in [0.25, 0.3) is 11.8 Å². The number of H-pyrrole nitrogens is 1. The van der Waals surface area contributed by atoms with E-state index in [0.717, 1.165) is 16.7 Å². The quantitative estimate of drug-likeness (QED) is 0.345. The zero-order valence-corrected chi connectivity index (χ0v) is 21.7. The summed E-state index contributed by atoms with van der Waals surface area (Å²) in [6, 6.07) is 18.9. The van der Waals surface area contributed by atoms with Crippen LogP contribution in [-0.2, 0) is 16.0 Å². The monoisotopic (exact) mass is 506 g/mol. The standard InChI is InChI=1S/C28H34N4O5/c1-28(2,27(35)36)18-22(16-19-10-12-21(13-11-19)20-8-6-5-7-9-20)29-25(33)23-17-24(31-30-23)26(34)32(3)14-15-37-4/h5-13,17,22H,14-16,18H2,1-4H3,(H,29,33)(H,30,31)(H,35,36). The van der Waals surface area contributed by atoms with E-state index in [2.05, 4.69) is 15.5 Å². The molecule has 0 aliphatic rings. The fourth-order valence-electron chi connectivity index (χ4n) is 3.96. The van der Waals surface area contributed by atoms with Gasteiger partial charge < -0.3 is 20.1 Å². The minimum Gasteiger partial charge on any atom is -0.481 e. The molecule has 0 aliphatic heterocycles. The van der Waals surface area contributed by atoms with Crippen LogP contribution in [0.15, 0.2) is 60.7 Å². The lowest BCUT2D eigenvalue weighted by Crippen LogP contribution is -2.41. The lowest BCUT2D eigenvalue weighted by Gasteiger charge is -2.27. The van der Waals surface area contributed by atoms with Gasteiger partial charge >= 0.3 is 5.97 Å². The normalized spacial score (nSPS) is 12.1. The Morgan fingerprint density at radius 1 is 1.08 bits per heavy atom. The predicted molar refractivity (Wildman–Crippen MR) is 140 cm³/mol. The number of carboxylic acid groups (broad SMARTS) is 1. The molecule has 1 aromatic heterocycles. The smallest absolute Gasteiger partial charge is 0.309 e. The molecular formula is C28H34N4O5. The Kier molecular flexibility index (Phi) is 9.19. The molecule has 9 heteroatoms. The summed E-state index contributed by atoms with van der Waals surface area (Å²) in [5.74, 6) is -1.74. The average Bonchev–Trinajstić information content (AvgIpc) is 3.38. The van der Waals surface area contributed by atoms with E-state index in [0.29, 0.717) is 19.6 Å². The topological polar surface area (TPSA) is 125 Å². The molecule has 0 aliphatic carbocycles. The second-order valence-corrected chi connectivity index (χ2v) is 9.72. The van der Waals surface area contributed by atoms with Crippen molar-refractivity contribution in [3.8, 4) is 11.1 Å². The number of likely N-dealkylation sites (N-methyl/N-ethyl adjacent to an activating group) is 1. The molecule has 3 aromatic rings. The number of benzene rings is 2. The number of amides is 2. The van der Waals surface area contributed by atoms with Gasteiger partial charge in [-0.2, -0.15) is 5.10 Å². The van der Waals surface area contributed by atoms with Gasteiger partial charge in [0.15, 0.2) is 5.69 Å². The summed E-state index contributed by atoms with van der Waals surface area (Å²) >= 11 is 0. The van der Waals surface area contributed by atoms with Gasteiger partial charge in [-0.1, -0.05) is 54.6 Å². The Labute approximate surface area is 216 Å². The van der Waals surface area contributed by atoms with Gasteiger partial charge in [0, 0.05) is 32.8 Å². The minimum atomic E-state index is -1.05. The van der Waals surface area contributed by atoms with Crippen molar-refractivity contribution < 1.29 is 24.2 Å². The summed E-state index contributed by atoms with van der Waals surface area (Å²) in [4.78, 5) is 38.8. The van der Waals surface area contributed by atoms with Crippen LogP contribution in [0.3, 0.4) is 0 Å². The SMILES string of the molecule is COCCN(C)C(=O)c1cc(C(=O)NC(Cc2ccc(-c3ccccc3)cc2)CC(C)(C)C(=O)O)[nH]n1. The summed E-state index contributed by atoms with van der Waals surface area (Å²) < 4.78 is 4.99. The lowest BCUT2D eigenvalue weighted by atomic mass is 9.83. The van der Waals surface area contributed by atoms with Gasteiger partial charge in [-0.25, -0.2) is 0 Å². The van der Waals surface area contributed by atoms with E-state index < -0.39 is 23.3 Å². The number of aromatic amines is 1. The van der Waals surface area contributed by atoms with E-state index in [9.17, 15) is 19.5 Å². The zero-order chi connectivity index (χ0) is 27.0. The van der Waals surface area contributed by atoms with Crippen molar-refractivity contribution in [3.63, 3.8) is 0 Å². The summed E-state index contributed by atoms with van der Waals surface area (Å²) in [5, 5.41) is 19.2. The van der Waals surface area contributed by atoms with Gasteiger partial charge in [0.05, 0.1) is 12.0 Å². The van der Waals surface area contributed by atoms with Crippen molar-refractivity contribution in [1.82, 2.24) is 20.4 Å². The Bertz CT molecular complexity index is 1200.